The summed E-state index contributed by atoms with van der Waals surface area (Å²) in [7, 11) is 1.90. The summed E-state index contributed by atoms with van der Waals surface area (Å²) in [6, 6.07) is 8.59. The van der Waals surface area contributed by atoms with Gasteiger partial charge in [-0.15, -0.1) is 12.4 Å². The molecule has 0 heterocycles. The number of amides is 1. The Hall–Kier alpha value is -1.06. The van der Waals surface area contributed by atoms with E-state index in [1.165, 1.54) is 5.56 Å². The highest BCUT2D eigenvalue weighted by atomic mass is 35.5. The molecule has 1 rings (SSSR count). The van der Waals surface area contributed by atoms with Gasteiger partial charge in [0.05, 0.1) is 6.04 Å². The number of carbonyl (C=O) groups is 1. The summed E-state index contributed by atoms with van der Waals surface area (Å²) >= 11 is 0. The standard InChI is InChI=1S/C17H28N2O.ClH/c1-13(19-16(20)7-6-12-18-5)14-8-10-15(11-9-14)17(2,3)4;/h8-11,13,18H,6-7,12H2,1-5H3,(H,19,20);1H. The number of nitrogens with one attached hydrogen (secondary N) is 2. The van der Waals surface area contributed by atoms with Crippen molar-refractivity contribution >= 4 is 18.3 Å². The van der Waals surface area contributed by atoms with Gasteiger partial charge in [-0.1, -0.05) is 45.0 Å². The minimum absolute atomic E-state index is 0. The van der Waals surface area contributed by atoms with Crippen LogP contribution in [0.15, 0.2) is 24.3 Å². The predicted molar refractivity (Wildman–Crippen MR) is 92.1 cm³/mol. The van der Waals surface area contributed by atoms with Crippen LogP contribution in [0.4, 0.5) is 0 Å². The highest BCUT2D eigenvalue weighted by Crippen LogP contribution is 2.23. The first-order chi connectivity index (χ1) is 9.34. The highest BCUT2D eigenvalue weighted by molar-refractivity contribution is 5.85. The van der Waals surface area contributed by atoms with Crippen LogP contribution in [0.2, 0.25) is 0 Å². The lowest BCUT2D eigenvalue weighted by atomic mass is 9.86. The highest BCUT2D eigenvalue weighted by Gasteiger charge is 2.14. The maximum atomic E-state index is 11.8. The molecular formula is C17H29ClN2O. The maximum absolute atomic E-state index is 11.8. The van der Waals surface area contributed by atoms with Crippen molar-refractivity contribution in [2.24, 2.45) is 0 Å². The van der Waals surface area contributed by atoms with Crippen LogP contribution >= 0.6 is 12.4 Å². The zero-order chi connectivity index (χ0) is 15.2. The number of carbonyl (C=O) groups excluding carboxylic acids is 1. The van der Waals surface area contributed by atoms with Gasteiger partial charge in [0.15, 0.2) is 0 Å². The quantitative estimate of drug-likeness (QED) is 0.788. The predicted octanol–water partition coefficient (Wildman–Crippen LogP) is 3.58. The summed E-state index contributed by atoms with van der Waals surface area (Å²) in [4.78, 5) is 11.8. The van der Waals surface area contributed by atoms with E-state index >= 15 is 0 Å². The molecule has 1 atom stereocenters. The molecule has 3 nitrogen and oxygen atoms in total. The zero-order valence-corrected chi connectivity index (χ0v) is 14.6. The largest absolute Gasteiger partial charge is 0.350 e. The summed E-state index contributed by atoms with van der Waals surface area (Å²) in [6.45, 7) is 9.52. The van der Waals surface area contributed by atoms with Gasteiger partial charge in [-0.05, 0) is 43.5 Å². The average molecular weight is 313 g/mol. The molecule has 0 bridgehead atoms. The second-order valence-corrected chi connectivity index (χ2v) is 6.37. The molecule has 4 heteroatoms. The zero-order valence-electron chi connectivity index (χ0n) is 13.8. The molecule has 0 spiro atoms. The Morgan fingerprint density at radius 1 is 1.19 bits per heavy atom. The first-order valence-corrected chi connectivity index (χ1v) is 7.39. The first kappa shape index (κ1) is 19.9. The van der Waals surface area contributed by atoms with Gasteiger partial charge in [0.25, 0.3) is 0 Å². The third-order valence-corrected chi connectivity index (χ3v) is 3.48. The first-order valence-electron chi connectivity index (χ1n) is 7.39. The second-order valence-electron chi connectivity index (χ2n) is 6.37. The fraction of sp³-hybridized carbons (Fsp3) is 0.588. The molecule has 1 aromatic carbocycles. The van der Waals surface area contributed by atoms with Crippen molar-refractivity contribution in [3.05, 3.63) is 35.4 Å². The molecule has 0 aromatic heterocycles. The molecule has 0 aliphatic carbocycles. The van der Waals surface area contributed by atoms with Crippen LogP contribution in [0.25, 0.3) is 0 Å². The van der Waals surface area contributed by atoms with Crippen LogP contribution in [0.3, 0.4) is 0 Å². The minimum atomic E-state index is 0. The molecule has 0 aliphatic heterocycles. The monoisotopic (exact) mass is 312 g/mol. The van der Waals surface area contributed by atoms with Crippen molar-refractivity contribution in [1.82, 2.24) is 10.6 Å². The molecule has 120 valence electrons. The topological polar surface area (TPSA) is 41.1 Å². The van der Waals surface area contributed by atoms with Gasteiger partial charge < -0.3 is 10.6 Å². The fourth-order valence-electron chi connectivity index (χ4n) is 2.09. The average Bonchev–Trinajstić information content (AvgIpc) is 2.38. The number of benzene rings is 1. The molecule has 0 aliphatic rings. The lowest BCUT2D eigenvalue weighted by Crippen LogP contribution is -2.27. The molecule has 2 N–H and O–H groups in total. The molecule has 1 unspecified atom stereocenters. The van der Waals surface area contributed by atoms with Gasteiger partial charge in [-0.3, -0.25) is 4.79 Å². The number of rotatable bonds is 6. The van der Waals surface area contributed by atoms with Crippen LogP contribution in [0.5, 0.6) is 0 Å². The summed E-state index contributed by atoms with van der Waals surface area (Å²) in [5, 5.41) is 6.09. The van der Waals surface area contributed by atoms with E-state index in [1.54, 1.807) is 0 Å². The molecule has 1 aromatic rings. The Kier molecular flexibility index (Phi) is 8.60. The third kappa shape index (κ3) is 6.96. The van der Waals surface area contributed by atoms with Crippen molar-refractivity contribution in [3.63, 3.8) is 0 Å². The third-order valence-electron chi connectivity index (χ3n) is 3.48. The van der Waals surface area contributed by atoms with Crippen LogP contribution in [0, 0.1) is 0 Å². The van der Waals surface area contributed by atoms with E-state index < -0.39 is 0 Å². The van der Waals surface area contributed by atoms with Crippen molar-refractivity contribution in [1.29, 1.82) is 0 Å². The Labute approximate surface area is 135 Å². The van der Waals surface area contributed by atoms with Crippen molar-refractivity contribution < 1.29 is 4.79 Å². The summed E-state index contributed by atoms with van der Waals surface area (Å²) in [6.07, 6.45) is 1.45. The van der Waals surface area contributed by atoms with E-state index in [9.17, 15) is 4.79 Å². The molecule has 0 fully saturated rings. The van der Waals surface area contributed by atoms with Crippen LogP contribution < -0.4 is 10.6 Å². The minimum Gasteiger partial charge on any atom is -0.350 e. The summed E-state index contributed by atoms with van der Waals surface area (Å²) in [5.74, 6) is 0.118. The van der Waals surface area contributed by atoms with Crippen molar-refractivity contribution in [3.8, 4) is 0 Å². The smallest absolute Gasteiger partial charge is 0.220 e. The van der Waals surface area contributed by atoms with E-state index in [4.69, 9.17) is 0 Å². The van der Waals surface area contributed by atoms with E-state index in [0.717, 1.165) is 18.5 Å². The van der Waals surface area contributed by atoms with Crippen molar-refractivity contribution in [2.75, 3.05) is 13.6 Å². The van der Waals surface area contributed by atoms with Gasteiger partial charge in [0.1, 0.15) is 0 Å². The maximum Gasteiger partial charge on any atom is 0.220 e. The van der Waals surface area contributed by atoms with Crippen molar-refractivity contribution in [2.45, 2.75) is 52.0 Å². The van der Waals surface area contributed by atoms with E-state index in [1.807, 2.05) is 14.0 Å². The van der Waals surface area contributed by atoms with Gasteiger partial charge >= 0.3 is 0 Å². The van der Waals surface area contributed by atoms with Crippen LogP contribution in [-0.2, 0) is 10.2 Å². The van der Waals surface area contributed by atoms with Gasteiger partial charge in [-0.2, -0.15) is 0 Å². The Balaban J connectivity index is 0.00000400. The normalized spacial score (nSPS) is 12.4. The molecule has 0 saturated heterocycles. The van der Waals surface area contributed by atoms with Gasteiger partial charge in [-0.25, -0.2) is 0 Å². The lowest BCUT2D eigenvalue weighted by Gasteiger charge is -2.20. The Morgan fingerprint density at radius 3 is 2.24 bits per heavy atom. The van der Waals surface area contributed by atoms with E-state index in [0.29, 0.717) is 6.42 Å². The van der Waals surface area contributed by atoms with Crippen LogP contribution in [0.1, 0.15) is 57.7 Å². The summed E-state index contributed by atoms with van der Waals surface area (Å²) in [5.41, 5.74) is 2.63. The molecule has 0 saturated carbocycles. The molecule has 1 amide bonds. The fourth-order valence-corrected chi connectivity index (χ4v) is 2.09. The second kappa shape index (κ2) is 9.06. The van der Waals surface area contributed by atoms with E-state index in [-0.39, 0.29) is 29.8 Å². The Bertz CT molecular complexity index is 423. The molecule has 0 radical (unpaired) electrons. The van der Waals surface area contributed by atoms with Gasteiger partial charge in [0.2, 0.25) is 5.91 Å². The summed E-state index contributed by atoms with van der Waals surface area (Å²) < 4.78 is 0. The Morgan fingerprint density at radius 2 is 1.76 bits per heavy atom. The SMILES string of the molecule is CNCCCC(=O)NC(C)c1ccc(C(C)(C)C)cc1.Cl. The van der Waals surface area contributed by atoms with E-state index in [2.05, 4.69) is 55.7 Å². The van der Waals surface area contributed by atoms with Crippen LogP contribution in [-0.4, -0.2) is 19.5 Å². The molecule has 21 heavy (non-hydrogen) atoms. The number of hydrogen-bond donors (Lipinski definition) is 2. The molecular weight excluding hydrogens is 284 g/mol. The van der Waals surface area contributed by atoms with Gasteiger partial charge in [0, 0.05) is 6.42 Å². The lowest BCUT2D eigenvalue weighted by molar-refractivity contribution is -0.121. The number of halogens is 1. The number of hydrogen-bond acceptors (Lipinski definition) is 2.